The monoisotopic (exact) mass is 280 g/mol. The number of allylic oxidation sites excluding steroid dienone is 3. The smallest absolute Gasteiger partial charge is 0.127 e. The molecule has 3 heteroatoms. The van der Waals surface area contributed by atoms with Crippen LogP contribution in [0.15, 0.2) is 54.1 Å². The number of phenols is 3. The molecule has 0 amide bonds. The summed E-state index contributed by atoms with van der Waals surface area (Å²) in [6.45, 7) is 0. The highest BCUT2D eigenvalue weighted by atomic mass is 16.3. The molecule has 1 fully saturated rings. The molecule has 0 unspecified atom stereocenters. The minimum Gasteiger partial charge on any atom is -0.508 e. The lowest BCUT2D eigenvalue weighted by atomic mass is 10.0. The Hall–Kier alpha value is -2.68. The second-order valence-corrected chi connectivity index (χ2v) is 5.14. The molecule has 1 aliphatic rings. The molecule has 2 aromatic carbocycles. The molecule has 2 aromatic rings. The van der Waals surface area contributed by atoms with Crippen LogP contribution in [0.4, 0.5) is 0 Å². The maximum absolute atomic E-state index is 10.0. The minimum absolute atomic E-state index is 0.0545. The Morgan fingerprint density at radius 3 is 2.14 bits per heavy atom. The molecule has 0 saturated heterocycles. The van der Waals surface area contributed by atoms with E-state index >= 15 is 0 Å². The minimum atomic E-state index is 0.0545. The topological polar surface area (TPSA) is 60.7 Å². The Morgan fingerprint density at radius 2 is 1.52 bits per heavy atom. The first-order valence-electron chi connectivity index (χ1n) is 6.85. The maximum atomic E-state index is 10.0. The van der Waals surface area contributed by atoms with Crippen molar-refractivity contribution in [3.63, 3.8) is 0 Å². The van der Waals surface area contributed by atoms with Crippen molar-refractivity contribution in [1.29, 1.82) is 0 Å². The Labute approximate surface area is 123 Å². The quantitative estimate of drug-likeness (QED) is 0.794. The summed E-state index contributed by atoms with van der Waals surface area (Å²) in [5.41, 5.74) is 4.01. The van der Waals surface area contributed by atoms with E-state index in [1.54, 1.807) is 24.3 Å². The van der Waals surface area contributed by atoms with Crippen molar-refractivity contribution in [3.8, 4) is 17.2 Å². The van der Waals surface area contributed by atoms with E-state index in [2.05, 4.69) is 0 Å². The molecular weight excluding hydrogens is 264 g/mol. The van der Waals surface area contributed by atoms with Gasteiger partial charge in [-0.25, -0.2) is 0 Å². The highest BCUT2D eigenvalue weighted by Gasteiger charge is 2.19. The number of benzene rings is 2. The van der Waals surface area contributed by atoms with Crippen molar-refractivity contribution < 1.29 is 15.3 Å². The highest BCUT2D eigenvalue weighted by molar-refractivity contribution is 5.85. The summed E-state index contributed by atoms with van der Waals surface area (Å²) >= 11 is 0. The summed E-state index contributed by atoms with van der Waals surface area (Å²) in [4.78, 5) is 0. The first-order chi connectivity index (χ1) is 10.1. The number of phenolic OH excluding ortho intramolecular Hbond substituents is 3. The molecule has 0 aromatic heterocycles. The fourth-order valence-corrected chi connectivity index (χ4v) is 2.24. The second-order valence-electron chi connectivity index (χ2n) is 5.14. The normalized spacial score (nSPS) is 13.6. The van der Waals surface area contributed by atoms with Crippen LogP contribution < -0.4 is 0 Å². The first kappa shape index (κ1) is 13.3. The van der Waals surface area contributed by atoms with E-state index in [0.29, 0.717) is 0 Å². The van der Waals surface area contributed by atoms with Gasteiger partial charge in [-0.05, 0) is 48.2 Å². The van der Waals surface area contributed by atoms with Gasteiger partial charge in [-0.3, -0.25) is 0 Å². The molecule has 3 N–H and O–H groups in total. The molecule has 3 nitrogen and oxygen atoms in total. The van der Waals surface area contributed by atoms with Crippen LogP contribution in [-0.4, -0.2) is 15.3 Å². The summed E-state index contributed by atoms with van der Waals surface area (Å²) in [5, 5.41) is 28.7. The van der Waals surface area contributed by atoms with Gasteiger partial charge in [0.1, 0.15) is 17.2 Å². The number of hydrogen-bond donors (Lipinski definition) is 3. The average molecular weight is 280 g/mol. The Balaban J connectivity index is 1.93. The zero-order valence-corrected chi connectivity index (χ0v) is 11.5. The fourth-order valence-electron chi connectivity index (χ4n) is 2.24. The molecule has 0 radical (unpaired) electrons. The third-order valence-electron chi connectivity index (χ3n) is 3.49. The lowest BCUT2D eigenvalue weighted by Crippen LogP contribution is -1.83. The van der Waals surface area contributed by atoms with E-state index in [4.69, 9.17) is 0 Å². The van der Waals surface area contributed by atoms with Crippen LogP contribution in [-0.2, 0) is 0 Å². The molecule has 0 heterocycles. The number of aromatic hydroxyl groups is 3. The van der Waals surface area contributed by atoms with E-state index in [-0.39, 0.29) is 17.2 Å². The van der Waals surface area contributed by atoms with E-state index in [0.717, 1.165) is 29.5 Å². The van der Waals surface area contributed by atoms with Crippen LogP contribution in [0.3, 0.4) is 0 Å². The van der Waals surface area contributed by atoms with E-state index in [1.165, 1.54) is 11.6 Å². The Morgan fingerprint density at radius 1 is 0.857 bits per heavy atom. The molecule has 3 rings (SSSR count). The van der Waals surface area contributed by atoms with Crippen molar-refractivity contribution in [2.75, 3.05) is 0 Å². The summed E-state index contributed by atoms with van der Waals surface area (Å²) in [6, 6.07) is 11.6. The lowest BCUT2D eigenvalue weighted by molar-refractivity contribution is 0.449. The van der Waals surface area contributed by atoms with Crippen molar-refractivity contribution in [1.82, 2.24) is 0 Å². The predicted molar refractivity (Wildman–Crippen MR) is 83.1 cm³/mol. The SMILES string of the molecule is Oc1ccc(/C=C/C(=C2CC2)c2ccc(O)cc2O)cc1. The summed E-state index contributed by atoms with van der Waals surface area (Å²) in [5.74, 6) is 0.378. The van der Waals surface area contributed by atoms with Gasteiger partial charge in [0, 0.05) is 11.6 Å². The van der Waals surface area contributed by atoms with Gasteiger partial charge >= 0.3 is 0 Å². The first-order valence-corrected chi connectivity index (χ1v) is 6.85. The van der Waals surface area contributed by atoms with Crippen LogP contribution in [0.2, 0.25) is 0 Å². The van der Waals surface area contributed by atoms with E-state index in [9.17, 15) is 15.3 Å². The zero-order chi connectivity index (χ0) is 14.8. The molecule has 0 spiro atoms. The lowest BCUT2D eigenvalue weighted by Gasteiger charge is -2.06. The zero-order valence-electron chi connectivity index (χ0n) is 11.5. The van der Waals surface area contributed by atoms with Crippen molar-refractivity contribution in [2.24, 2.45) is 0 Å². The third kappa shape index (κ3) is 3.08. The molecule has 106 valence electrons. The van der Waals surface area contributed by atoms with Gasteiger partial charge in [-0.15, -0.1) is 0 Å². The molecule has 1 aliphatic carbocycles. The predicted octanol–water partition coefficient (Wildman–Crippen LogP) is 4.06. The molecular formula is C18H16O3. The van der Waals surface area contributed by atoms with Crippen LogP contribution in [0.1, 0.15) is 24.0 Å². The van der Waals surface area contributed by atoms with Gasteiger partial charge < -0.3 is 15.3 Å². The van der Waals surface area contributed by atoms with Gasteiger partial charge in [0.2, 0.25) is 0 Å². The van der Waals surface area contributed by atoms with Gasteiger partial charge in [-0.1, -0.05) is 29.9 Å². The molecule has 0 atom stereocenters. The number of rotatable bonds is 3. The Bertz CT molecular complexity index is 719. The van der Waals surface area contributed by atoms with Gasteiger partial charge in [-0.2, -0.15) is 0 Å². The summed E-state index contributed by atoms with van der Waals surface area (Å²) in [6.07, 6.45) is 6.00. The maximum Gasteiger partial charge on any atom is 0.127 e. The van der Waals surface area contributed by atoms with Gasteiger partial charge in [0.25, 0.3) is 0 Å². The molecule has 0 aliphatic heterocycles. The molecule has 1 saturated carbocycles. The highest BCUT2D eigenvalue weighted by Crippen LogP contribution is 2.40. The van der Waals surface area contributed by atoms with Crippen molar-refractivity contribution in [2.45, 2.75) is 12.8 Å². The van der Waals surface area contributed by atoms with Crippen LogP contribution >= 0.6 is 0 Å². The van der Waals surface area contributed by atoms with Crippen LogP contribution in [0, 0.1) is 0 Å². The van der Waals surface area contributed by atoms with Crippen LogP contribution in [0.25, 0.3) is 11.6 Å². The van der Waals surface area contributed by atoms with Crippen molar-refractivity contribution >= 4 is 11.6 Å². The van der Waals surface area contributed by atoms with Crippen molar-refractivity contribution in [3.05, 3.63) is 65.2 Å². The third-order valence-corrected chi connectivity index (χ3v) is 3.49. The molecule has 21 heavy (non-hydrogen) atoms. The fraction of sp³-hybridized carbons (Fsp3) is 0.111. The van der Waals surface area contributed by atoms with E-state index in [1.807, 2.05) is 24.3 Å². The van der Waals surface area contributed by atoms with Crippen LogP contribution in [0.5, 0.6) is 17.2 Å². The van der Waals surface area contributed by atoms with E-state index < -0.39 is 0 Å². The second kappa shape index (κ2) is 5.37. The standard InChI is InChI=1S/C18H16O3/c19-14-6-1-12(2-7-14)3-9-16(13-4-5-13)17-10-8-15(20)11-18(17)21/h1-3,6-11,19-21H,4-5H2/b9-3+. The van der Waals surface area contributed by atoms with Gasteiger partial charge in [0.15, 0.2) is 0 Å². The van der Waals surface area contributed by atoms with Gasteiger partial charge in [0.05, 0.1) is 0 Å². The largest absolute Gasteiger partial charge is 0.508 e. The average Bonchev–Trinajstić information content (AvgIpc) is 3.27. The number of hydrogen-bond acceptors (Lipinski definition) is 3. The summed E-state index contributed by atoms with van der Waals surface area (Å²) in [7, 11) is 0. The Kier molecular flexibility index (Phi) is 3.40. The summed E-state index contributed by atoms with van der Waals surface area (Å²) < 4.78 is 0. The molecule has 0 bridgehead atoms.